The minimum Gasteiger partial charge on any atom is -0.300 e. The molecule has 0 fully saturated rings. The number of hydrogen-bond donors (Lipinski definition) is 1. The molecule has 2 aromatic carbocycles. The summed E-state index contributed by atoms with van der Waals surface area (Å²) in [5, 5.41) is 2.98. The van der Waals surface area contributed by atoms with Crippen molar-refractivity contribution in [2.24, 2.45) is 5.92 Å². The van der Waals surface area contributed by atoms with Crippen molar-refractivity contribution in [3.05, 3.63) is 78.9 Å². The van der Waals surface area contributed by atoms with Crippen molar-refractivity contribution in [1.29, 1.82) is 0 Å². The highest BCUT2D eigenvalue weighted by atomic mass is 32.2. The Kier molecular flexibility index (Phi) is 7.91. The fraction of sp³-hybridized carbons (Fsp3) is 0.259. The lowest BCUT2D eigenvalue weighted by molar-refractivity contribution is -0.121. The van der Waals surface area contributed by atoms with Gasteiger partial charge in [0.2, 0.25) is 15.9 Å². The van der Waals surface area contributed by atoms with Crippen LogP contribution in [-0.2, 0) is 14.8 Å². The van der Waals surface area contributed by atoms with Crippen LogP contribution in [-0.4, -0.2) is 59.5 Å². The van der Waals surface area contributed by atoms with Crippen molar-refractivity contribution in [3.63, 3.8) is 0 Å². The van der Waals surface area contributed by atoms with Crippen LogP contribution in [0.5, 0.6) is 0 Å². The maximum absolute atomic E-state index is 13.5. The van der Waals surface area contributed by atoms with Crippen LogP contribution in [0.15, 0.2) is 72.7 Å². The van der Waals surface area contributed by atoms with Gasteiger partial charge in [0.25, 0.3) is 11.8 Å². The second kappa shape index (κ2) is 11.0. The maximum Gasteiger partial charge on any atom is 0.262 e. The van der Waals surface area contributed by atoms with E-state index in [0.717, 1.165) is 16.2 Å². The summed E-state index contributed by atoms with van der Waals surface area (Å²) in [5.74, 6) is -1.87. The zero-order chi connectivity index (χ0) is 27.6. The van der Waals surface area contributed by atoms with Crippen LogP contribution in [0, 0.1) is 5.92 Å². The van der Waals surface area contributed by atoms with Gasteiger partial charge in [-0.25, -0.2) is 13.4 Å². The first-order valence-corrected chi connectivity index (χ1v) is 14.3. The summed E-state index contributed by atoms with van der Waals surface area (Å²) >= 11 is 1.11. The number of thiazole rings is 1. The normalized spacial score (nSPS) is 15.0. The van der Waals surface area contributed by atoms with Gasteiger partial charge in [-0.2, -0.15) is 4.31 Å². The van der Waals surface area contributed by atoms with Crippen molar-refractivity contribution in [3.8, 4) is 0 Å². The van der Waals surface area contributed by atoms with Crippen LogP contribution in [0.3, 0.4) is 0 Å². The smallest absolute Gasteiger partial charge is 0.262 e. The molecule has 198 valence electrons. The third-order valence-electron chi connectivity index (χ3n) is 6.45. The van der Waals surface area contributed by atoms with Crippen LogP contribution >= 0.6 is 11.3 Å². The Labute approximate surface area is 225 Å². The van der Waals surface area contributed by atoms with E-state index >= 15 is 0 Å². The van der Waals surface area contributed by atoms with E-state index in [2.05, 4.69) is 23.5 Å². The Hall–Kier alpha value is -3.67. The van der Waals surface area contributed by atoms with E-state index < -0.39 is 33.8 Å². The van der Waals surface area contributed by atoms with Crippen molar-refractivity contribution < 1.29 is 22.8 Å². The molecule has 38 heavy (non-hydrogen) atoms. The van der Waals surface area contributed by atoms with E-state index in [-0.39, 0.29) is 40.2 Å². The van der Waals surface area contributed by atoms with Gasteiger partial charge in [-0.1, -0.05) is 55.9 Å². The molecule has 4 rings (SSSR count). The number of sulfonamides is 1. The highest BCUT2D eigenvalue weighted by molar-refractivity contribution is 7.89. The summed E-state index contributed by atoms with van der Waals surface area (Å²) < 4.78 is 28.0. The highest BCUT2D eigenvalue weighted by Gasteiger charge is 2.44. The van der Waals surface area contributed by atoms with E-state index in [1.165, 1.54) is 28.6 Å². The molecule has 11 heteroatoms. The Bertz CT molecular complexity index is 1500. The lowest BCUT2D eigenvalue weighted by Crippen LogP contribution is -2.50. The number of anilines is 1. The summed E-state index contributed by atoms with van der Waals surface area (Å²) in [6, 6.07) is 10.0. The molecule has 1 aliphatic heterocycles. The topological polar surface area (TPSA) is 117 Å². The van der Waals surface area contributed by atoms with Crippen LogP contribution in [0.1, 0.15) is 41.0 Å². The number of nitrogens with one attached hydrogen (secondary N) is 1. The van der Waals surface area contributed by atoms with E-state index in [4.69, 9.17) is 0 Å². The Balaban J connectivity index is 1.62. The first-order chi connectivity index (χ1) is 18.1. The number of imide groups is 1. The molecule has 2 unspecified atom stereocenters. The number of aromatic nitrogens is 1. The molecule has 3 aromatic rings. The molecule has 2 heterocycles. The number of benzene rings is 2. The molecule has 3 amide bonds. The molecule has 0 spiro atoms. The second-order valence-corrected chi connectivity index (χ2v) is 11.9. The van der Waals surface area contributed by atoms with Gasteiger partial charge in [-0.3, -0.25) is 19.3 Å². The van der Waals surface area contributed by atoms with Crippen molar-refractivity contribution in [2.75, 3.05) is 18.4 Å². The van der Waals surface area contributed by atoms with E-state index in [0.29, 0.717) is 16.6 Å². The molecular formula is C27H28N4O5S2. The molecule has 2 atom stereocenters. The predicted molar refractivity (Wildman–Crippen MR) is 148 cm³/mol. The van der Waals surface area contributed by atoms with Crippen LogP contribution < -0.4 is 5.32 Å². The van der Waals surface area contributed by atoms with Gasteiger partial charge in [0.15, 0.2) is 5.13 Å². The quantitative estimate of drug-likeness (QED) is 0.280. The van der Waals surface area contributed by atoms with Gasteiger partial charge >= 0.3 is 0 Å². The Morgan fingerprint density at radius 2 is 1.71 bits per heavy atom. The molecule has 1 aromatic heterocycles. The average Bonchev–Trinajstić information content (AvgIpc) is 3.41. The highest BCUT2D eigenvalue weighted by Crippen LogP contribution is 2.32. The molecule has 0 saturated heterocycles. The molecular weight excluding hydrogens is 524 g/mol. The van der Waals surface area contributed by atoms with Crippen LogP contribution in [0.25, 0.3) is 10.2 Å². The fourth-order valence-corrected chi connectivity index (χ4v) is 6.71. The van der Waals surface area contributed by atoms with Gasteiger partial charge in [0.05, 0.1) is 26.2 Å². The summed E-state index contributed by atoms with van der Waals surface area (Å²) in [6.45, 7) is 11.2. The number of fused-ring (bicyclic) bond motifs is 2. The monoisotopic (exact) mass is 552 g/mol. The zero-order valence-corrected chi connectivity index (χ0v) is 22.7. The third kappa shape index (κ3) is 4.92. The van der Waals surface area contributed by atoms with E-state index in [9.17, 15) is 22.8 Å². The summed E-state index contributed by atoms with van der Waals surface area (Å²) in [4.78, 5) is 45.2. The predicted octanol–water partition coefficient (Wildman–Crippen LogP) is 4.31. The summed E-state index contributed by atoms with van der Waals surface area (Å²) in [6.07, 6.45) is 3.56. The average molecular weight is 553 g/mol. The SMILES string of the molecule is C=CCN(CC=C)S(=O)(=O)c1ccc2nc(NC(=O)C(C(C)CC)N3C(=O)c4ccccc4C3=O)sc2c1. The second-order valence-electron chi connectivity index (χ2n) is 8.89. The number of nitrogens with zero attached hydrogens (tertiary/aromatic N) is 3. The first-order valence-electron chi connectivity index (χ1n) is 12.0. The van der Waals surface area contributed by atoms with Gasteiger partial charge < -0.3 is 5.32 Å². The first kappa shape index (κ1) is 27.4. The molecule has 0 saturated carbocycles. The summed E-state index contributed by atoms with van der Waals surface area (Å²) in [5.41, 5.74) is 1.05. The maximum atomic E-state index is 13.5. The molecule has 1 N–H and O–H groups in total. The molecule has 0 radical (unpaired) electrons. The zero-order valence-electron chi connectivity index (χ0n) is 21.1. The number of hydrogen-bond acceptors (Lipinski definition) is 7. The van der Waals surface area contributed by atoms with Crippen LogP contribution in [0.2, 0.25) is 0 Å². The van der Waals surface area contributed by atoms with E-state index in [1.54, 1.807) is 30.3 Å². The number of amides is 3. The minimum atomic E-state index is -3.81. The molecule has 1 aliphatic rings. The molecule has 9 nitrogen and oxygen atoms in total. The number of carbonyl (C=O) groups excluding carboxylic acids is 3. The van der Waals surface area contributed by atoms with Crippen molar-refractivity contribution >= 4 is 54.4 Å². The number of carbonyl (C=O) groups is 3. The summed E-state index contributed by atoms with van der Waals surface area (Å²) in [7, 11) is -3.81. The van der Waals surface area contributed by atoms with Gasteiger partial charge in [-0.05, 0) is 36.2 Å². The number of rotatable bonds is 11. The standard InChI is InChI=1S/C27H28N4O5S2/c1-5-14-30(15-6-2)38(35,36)18-12-13-21-22(16-18)37-27(28-21)29-24(32)23(17(4)7-3)31-25(33)19-10-8-9-11-20(19)26(31)34/h5-6,8-13,16-17,23H,1-2,7,14-15H2,3-4H3,(H,28,29,32). The van der Waals surface area contributed by atoms with Gasteiger partial charge in [-0.15, -0.1) is 13.2 Å². The lowest BCUT2D eigenvalue weighted by atomic mass is 9.96. The fourth-order valence-electron chi connectivity index (χ4n) is 4.32. The van der Waals surface area contributed by atoms with Gasteiger partial charge in [0.1, 0.15) is 6.04 Å². The molecule has 0 bridgehead atoms. The Morgan fingerprint density at radius 3 is 2.26 bits per heavy atom. The van der Waals surface area contributed by atoms with Crippen LogP contribution in [0.4, 0.5) is 5.13 Å². The van der Waals surface area contributed by atoms with E-state index in [1.807, 2.05) is 13.8 Å². The lowest BCUT2D eigenvalue weighted by Gasteiger charge is -2.29. The minimum absolute atomic E-state index is 0.0822. The Morgan fingerprint density at radius 1 is 1.11 bits per heavy atom. The molecule has 0 aliphatic carbocycles. The largest absolute Gasteiger partial charge is 0.300 e. The van der Waals surface area contributed by atoms with Crippen molar-refractivity contribution in [1.82, 2.24) is 14.2 Å². The third-order valence-corrected chi connectivity index (χ3v) is 9.21. The van der Waals surface area contributed by atoms with Crippen molar-refractivity contribution in [2.45, 2.75) is 31.2 Å². The van der Waals surface area contributed by atoms with Gasteiger partial charge in [0, 0.05) is 13.1 Å².